The molecule has 0 spiro atoms. The zero-order valence-electron chi connectivity index (χ0n) is 25.6. The maximum Gasteiger partial charge on any atom is 1.00 e. The number of Topliss-reactive ketones (excluding diaryl/α,β-unsaturated/α-hetero) is 1. The van der Waals surface area contributed by atoms with Crippen molar-refractivity contribution in [2.24, 2.45) is 4.99 Å². The Morgan fingerprint density at radius 1 is 0.905 bits per heavy atom. The predicted molar refractivity (Wildman–Crippen MR) is 170 cm³/mol. The second kappa shape index (κ2) is 35.1. The van der Waals surface area contributed by atoms with Crippen LogP contribution in [0.1, 0.15) is 43.7 Å². The first kappa shape index (κ1) is 46.9. The summed E-state index contributed by atoms with van der Waals surface area (Å²) in [6.07, 6.45) is 6.53. The van der Waals surface area contributed by atoms with Crippen LogP contribution in [-0.4, -0.2) is 69.1 Å². The topological polar surface area (TPSA) is 169 Å². The molecule has 2 aromatic rings. The molecule has 0 radical (unpaired) electrons. The normalized spacial score (nSPS) is 8.95. The molecule has 0 aliphatic carbocycles. The van der Waals surface area contributed by atoms with E-state index in [1.54, 1.807) is 27.4 Å². The van der Waals surface area contributed by atoms with Gasteiger partial charge in [0.05, 0.1) is 6.21 Å². The largest absolute Gasteiger partial charge is 1.00 e. The van der Waals surface area contributed by atoms with E-state index in [9.17, 15) is 19.2 Å². The number of aliphatic imine (C=N–C) groups is 1. The van der Waals surface area contributed by atoms with Crippen molar-refractivity contribution < 1.29 is 92.9 Å². The van der Waals surface area contributed by atoms with E-state index in [1.807, 2.05) is 60.7 Å². The predicted octanol–water partition coefficient (Wildman–Crippen LogP) is 1.12. The Balaban J connectivity index is -0.000000237. The number of ketones is 1. The quantitative estimate of drug-likeness (QED) is 0.118. The molecule has 10 nitrogen and oxygen atoms in total. The number of carbonyl (C=O) groups is 5. The summed E-state index contributed by atoms with van der Waals surface area (Å²) in [5.74, 6) is -0.813. The van der Waals surface area contributed by atoms with Crippen molar-refractivity contribution in [3.8, 4) is 0 Å². The van der Waals surface area contributed by atoms with Gasteiger partial charge in [-0.3, -0.25) is 19.4 Å². The average Bonchev–Trinajstić information content (AvgIpc) is 3.00. The van der Waals surface area contributed by atoms with Crippen LogP contribution >= 0.6 is 12.6 Å². The van der Waals surface area contributed by atoms with Gasteiger partial charge in [-0.05, 0) is 37.1 Å². The van der Waals surface area contributed by atoms with Crippen LogP contribution in [0.3, 0.4) is 0 Å². The molecule has 0 unspecified atom stereocenters. The van der Waals surface area contributed by atoms with E-state index in [1.165, 1.54) is 12.5 Å². The van der Waals surface area contributed by atoms with E-state index >= 15 is 0 Å². The number of benzene rings is 2. The molecule has 0 saturated carbocycles. The molecule has 0 fully saturated rings. The second-order valence-electron chi connectivity index (χ2n) is 7.80. The monoisotopic (exact) mass is 719 g/mol. The summed E-state index contributed by atoms with van der Waals surface area (Å²) in [5, 5.41) is 11.6. The number of nitrogens with zero attached hydrogens (tertiary/aromatic N) is 1. The zero-order valence-corrected chi connectivity index (χ0v) is 32.8. The van der Waals surface area contributed by atoms with Gasteiger partial charge in [-0.1, -0.05) is 60.7 Å². The Bertz CT molecular complexity index is 1030. The van der Waals surface area contributed by atoms with Crippen LogP contribution in [0.25, 0.3) is 5.73 Å². The van der Waals surface area contributed by atoms with Crippen LogP contribution in [0.4, 0.5) is 0 Å². The van der Waals surface area contributed by atoms with Gasteiger partial charge < -0.3 is 31.4 Å². The first-order valence-electron chi connectivity index (χ1n) is 12.7. The fraction of sp³-hybridized carbons (Fsp3) is 0.367. The number of amides is 3. The minimum Gasteiger partial charge on any atom is -0.668 e. The summed E-state index contributed by atoms with van der Waals surface area (Å²) in [6, 6.07) is 19.8. The van der Waals surface area contributed by atoms with Gasteiger partial charge in [-0.25, -0.2) is 0 Å². The van der Waals surface area contributed by atoms with Crippen molar-refractivity contribution in [3.05, 3.63) is 77.5 Å². The molecule has 12 heteroatoms. The number of thiol groups is 1. The van der Waals surface area contributed by atoms with Gasteiger partial charge in [0.25, 0.3) is 5.91 Å². The van der Waals surface area contributed by atoms with Gasteiger partial charge >= 0.3 is 68.9 Å². The second-order valence-corrected chi connectivity index (χ2v) is 7.80. The summed E-state index contributed by atoms with van der Waals surface area (Å²) in [6.45, 7) is 1.19. The van der Waals surface area contributed by atoms with Crippen LogP contribution < -0.4 is 79.5 Å². The van der Waals surface area contributed by atoms with Crippen molar-refractivity contribution >= 4 is 54.3 Å². The smallest absolute Gasteiger partial charge is 0.668 e. The Hall–Kier alpha value is -2.07. The first-order valence-corrected chi connectivity index (χ1v) is 13.6. The molecule has 0 aliphatic rings. The van der Waals surface area contributed by atoms with Crippen molar-refractivity contribution in [2.45, 2.75) is 45.4 Å². The van der Waals surface area contributed by atoms with E-state index in [-0.39, 0.29) is 86.5 Å². The third-order valence-electron chi connectivity index (χ3n) is 4.64. The molecule has 0 aromatic heterocycles. The van der Waals surface area contributed by atoms with E-state index in [0.717, 1.165) is 24.5 Å². The number of nitrogens with one attached hydrogen (secondary N) is 4. The molecular formula is C30H44CsN5O5S. The summed E-state index contributed by atoms with van der Waals surface area (Å²) in [4.78, 5) is 55.3. The number of aldehydes is 1. The van der Waals surface area contributed by atoms with Gasteiger partial charge in [0.1, 0.15) is 12.0 Å². The number of rotatable bonds is 11. The SMILES string of the molecule is CC([NH-])=O.CN=C(Cc1ccccc1)C(=O)NC.CNC(=O)CCc1ccccc1.CS.N=CC(=O)CCCC=O.[Cs+]. The Morgan fingerprint density at radius 3 is 1.76 bits per heavy atom. The molecule has 2 rings (SSSR count). The molecule has 4 N–H and O–H groups in total. The van der Waals surface area contributed by atoms with Gasteiger partial charge in [-0.15, -0.1) is 0 Å². The molecule has 0 heterocycles. The van der Waals surface area contributed by atoms with Gasteiger partial charge in [-0.2, -0.15) is 12.6 Å². The maximum atomic E-state index is 11.3. The van der Waals surface area contributed by atoms with Gasteiger partial charge in [0.2, 0.25) is 5.91 Å². The average molecular weight is 720 g/mol. The van der Waals surface area contributed by atoms with Crippen LogP contribution in [0.5, 0.6) is 0 Å². The van der Waals surface area contributed by atoms with Crippen LogP contribution in [0, 0.1) is 5.41 Å². The first-order chi connectivity index (χ1) is 19.6. The molecule has 226 valence electrons. The van der Waals surface area contributed by atoms with Crippen molar-refractivity contribution in [1.29, 1.82) is 5.41 Å². The summed E-state index contributed by atoms with van der Waals surface area (Å²) >= 11 is 3.53. The fourth-order valence-corrected chi connectivity index (χ4v) is 2.65. The molecule has 2 aromatic carbocycles. The Kier molecular flexibility index (Phi) is 39.2. The Morgan fingerprint density at radius 2 is 1.38 bits per heavy atom. The van der Waals surface area contributed by atoms with Crippen molar-refractivity contribution in [1.82, 2.24) is 10.6 Å². The Labute approximate surface area is 314 Å². The van der Waals surface area contributed by atoms with Gasteiger partial charge in [0, 0.05) is 52.7 Å². The van der Waals surface area contributed by atoms with Crippen LogP contribution in [0.2, 0.25) is 0 Å². The van der Waals surface area contributed by atoms with E-state index < -0.39 is 5.91 Å². The maximum absolute atomic E-state index is 11.3. The fourth-order valence-electron chi connectivity index (χ4n) is 2.65. The van der Waals surface area contributed by atoms with E-state index in [4.69, 9.17) is 15.9 Å². The molecule has 0 aliphatic heterocycles. The van der Waals surface area contributed by atoms with Crippen molar-refractivity contribution in [2.75, 3.05) is 27.4 Å². The minimum absolute atomic E-state index is 0. The molecule has 0 saturated heterocycles. The van der Waals surface area contributed by atoms with Crippen molar-refractivity contribution in [3.63, 3.8) is 0 Å². The molecular weight excluding hydrogens is 675 g/mol. The number of hydrogen-bond acceptors (Lipinski definition) is 8. The van der Waals surface area contributed by atoms with Gasteiger partial charge in [0.15, 0.2) is 5.78 Å². The number of unbranched alkanes of at least 4 members (excludes halogenated alkanes) is 1. The van der Waals surface area contributed by atoms with Crippen LogP contribution in [0.15, 0.2) is 65.7 Å². The molecule has 0 bridgehead atoms. The van der Waals surface area contributed by atoms with E-state index in [2.05, 4.69) is 28.3 Å². The third kappa shape index (κ3) is 32.4. The minimum atomic E-state index is -0.583. The number of carbonyl (C=O) groups excluding carboxylic acids is 5. The standard InChI is InChI=1S/C11H14N2O.C10H13NO.C6H9NO2.C2H5NO.CH4S.Cs/c1-12-10(11(14)13-2)8-9-6-4-3-5-7-9;1-11-10(12)8-7-9-5-3-2-4-6-9;7-5-6(9)3-1-2-4-8;1-2(3)4;1-2;/h3-7H,8H2,1-2H3,(H,13,14);2-6H,7-8H2,1H3,(H,11,12);4-5,7H,1-3H2;1H3,(H2,3,4);2H,1H3;/q;;;;;+1/p-1. The third-order valence-corrected chi connectivity index (χ3v) is 4.64. The summed E-state index contributed by atoms with van der Waals surface area (Å²) in [7, 11) is 4.90. The van der Waals surface area contributed by atoms with Crippen LogP contribution in [-0.2, 0) is 36.8 Å². The summed E-state index contributed by atoms with van der Waals surface area (Å²) < 4.78 is 0. The molecule has 42 heavy (non-hydrogen) atoms. The number of aryl methyl sites for hydroxylation is 1. The summed E-state index contributed by atoms with van der Waals surface area (Å²) in [5.41, 5.74) is 8.80. The zero-order chi connectivity index (χ0) is 31.9. The number of hydrogen-bond donors (Lipinski definition) is 4. The molecule has 3 amide bonds. The van der Waals surface area contributed by atoms with E-state index in [0.29, 0.717) is 37.8 Å². The molecule has 0 atom stereocenters.